The molecule has 106 valence electrons. The minimum atomic E-state index is -0.720. The average Bonchev–Trinajstić information content (AvgIpc) is 2.43. The van der Waals surface area contributed by atoms with E-state index in [9.17, 15) is 4.79 Å². The van der Waals surface area contributed by atoms with Crippen molar-refractivity contribution in [3.63, 3.8) is 0 Å². The normalized spacial score (nSPS) is 14.1. The Labute approximate surface area is 116 Å². The smallest absolute Gasteiger partial charge is 0.303 e. The van der Waals surface area contributed by atoms with Crippen LogP contribution in [0.4, 0.5) is 0 Å². The Bertz CT molecular complexity index is 386. The van der Waals surface area contributed by atoms with Gasteiger partial charge in [-0.2, -0.15) is 0 Å². The fraction of sp³-hybridized carbons (Fsp3) is 0.562. The van der Waals surface area contributed by atoms with Gasteiger partial charge in [-0.1, -0.05) is 38.1 Å². The molecular formula is C16H25NO2. The van der Waals surface area contributed by atoms with E-state index in [0.717, 1.165) is 12.8 Å². The number of nitrogens with one attached hydrogen (secondary N) is 1. The van der Waals surface area contributed by atoms with Gasteiger partial charge in [0.1, 0.15) is 0 Å². The van der Waals surface area contributed by atoms with Gasteiger partial charge in [0, 0.05) is 12.5 Å². The summed E-state index contributed by atoms with van der Waals surface area (Å²) >= 11 is 0. The second-order valence-corrected chi connectivity index (χ2v) is 5.10. The van der Waals surface area contributed by atoms with Crippen LogP contribution < -0.4 is 5.32 Å². The third-order valence-electron chi connectivity index (χ3n) is 3.75. The standard InChI is InChI=1S/C16H25NO2/c1-4-12(2)13-8-10-14(11-9-13)15(17-3)6-5-7-16(18)19/h8-12,15,17H,4-7H2,1-3H3,(H,18,19). The van der Waals surface area contributed by atoms with E-state index in [1.54, 1.807) is 0 Å². The molecule has 0 fully saturated rings. The van der Waals surface area contributed by atoms with Gasteiger partial charge in [0.15, 0.2) is 0 Å². The van der Waals surface area contributed by atoms with Gasteiger partial charge in [0.2, 0.25) is 0 Å². The first kappa shape index (κ1) is 15.7. The van der Waals surface area contributed by atoms with Crippen LogP contribution in [0.15, 0.2) is 24.3 Å². The molecule has 2 atom stereocenters. The number of carboxylic acids is 1. The van der Waals surface area contributed by atoms with Crippen molar-refractivity contribution in [3.05, 3.63) is 35.4 Å². The van der Waals surface area contributed by atoms with Crippen LogP contribution in [0.5, 0.6) is 0 Å². The zero-order valence-electron chi connectivity index (χ0n) is 12.1. The number of aliphatic carboxylic acids is 1. The monoisotopic (exact) mass is 263 g/mol. The largest absolute Gasteiger partial charge is 0.481 e. The molecule has 0 spiro atoms. The molecule has 0 aliphatic heterocycles. The van der Waals surface area contributed by atoms with Crippen molar-refractivity contribution < 1.29 is 9.90 Å². The molecular weight excluding hydrogens is 238 g/mol. The number of carboxylic acid groups (broad SMARTS) is 1. The van der Waals surface area contributed by atoms with Crippen molar-refractivity contribution >= 4 is 5.97 Å². The lowest BCUT2D eigenvalue weighted by Crippen LogP contribution is -2.16. The molecule has 1 aromatic carbocycles. The summed E-state index contributed by atoms with van der Waals surface area (Å²) in [6.07, 6.45) is 2.94. The van der Waals surface area contributed by atoms with Crippen molar-refractivity contribution in [1.82, 2.24) is 5.32 Å². The molecule has 0 aliphatic carbocycles. The highest BCUT2D eigenvalue weighted by Crippen LogP contribution is 2.23. The van der Waals surface area contributed by atoms with Gasteiger partial charge < -0.3 is 10.4 Å². The Hall–Kier alpha value is -1.35. The number of carbonyl (C=O) groups is 1. The van der Waals surface area contributed by atoms with E-state index in [2.05, 4.69) is 43.4 Å². The maximum Gasteiger partial charge on any atom is 0.303 e. The van der Waals surface area contributed by atoms with Crippen molar-refractivity contribution in [2.24, 2.45) is 0 Å². The van der Waals surface area contributed by atoms with Crippen molar-refractivity contribution in [2.75, 3.05) is 7.05 Å². The summed E-state index contributed by atoms with van der Waals surface area (Å²) < 4.78 is 0. The summed E-state index contributed by atoms with van der Waals surface area (Å²) in [5, 5.41) is 11.9. The van der Waals surface area contributed by atoms with Crippen LogP contribution in [0.25, 0.3) is 0 Å². The molecule has 0 heterocycles. The fourth-order valence-corrected chi connectivity index (χ4v) is 2.23. The molecule has 0 bridgehead atoms. The molecule has 0 radical (unpaired) electrons. The summed E-state index contributed by atoms with van der Waals surface area (Å²) in [5.74, 6) is -0.129. The van der Waals surface area contributed by atoms with Gasteiger partial charge in [-0.25, -0.2) is 0 Å². The van der Waals surface area contributed by atoms with Crippen LogP contribution in [-0.4, -0.2) is 18.1 Å². The number of rotatable bonds is 8. The lowest BCUT2D eigenvalue weighted by molar-refractivity contribution is -0.137. The molecule has 3 heteroatoms. The Morgan fingerprint density at radius 1 is 1.26 bits per heavy atom. The maximum atomic E-state index is 10.5. The lowest BCUT2D eigenvalue weighted by Gasteiger charge is -2.17. The van der Waals surface area contributed by atoms with E-state index in [0.29, 0.717) is 12.3 Å². The molecule has 2 N–H and O–H groups in total. The quantitative estimate of drug-likeness (QED) is 0.751. The van der Waals surface area contributed by atoms with Crippen LogP contribution in [0.3, 0.4) is 0 Å². The zero-order chi connectivity index (χ0) is 14.3. The van der Waals surface area contributed by atoms with Crippen molar-refractivity contribution in [1.29, 1.82) is 0 Å². The Balaban J connectivity index is 2.63. The third-order valence-corrected chi connectivity index (χ3v) is 3.75. The van der Waals surface area contributed by atoms with Gasteiger partial charge in [0.25, 0.3) is 0 Å². The molecule has 19 heavy (non-hydrogen) atoms. The first-order chi connectivity index (χ1) is 9.08. The maximum absolute atomic E-state index is 10.5. The van der Waals surface area contributed by atoms with Gasteiger partial charge in [-0.05, 0) is 43.4 Å². The molecule has 0 saturated carbocycles. The van der Waals surface area contributed by atoms with Crippen molar-refractivity contribution in [2.45, 2.75) is 51.5 Å². The topological polar surface area (TPSA) is 49.3 Å². The summed E-state index contributed by atoms with van der Waals surface area (Å²) in [4.78, 5) is 10.5. The minimum absolute atomic E-state index is 0.239. The fourth-order valence-electron chi connectivity index (χ4n) is 2.23. The van der Waals surface area contributed by atoms with Gasteiger partial charge in [0.05, 0.1) is 0 Å². The van der Waals surface area contributed by atoms with E-state index in [1.807, 2.05) is 7.05 Å². The molecule has 1 aromatic rings. The molecule has 3 nitrogen and oxygen atoms in total. The molecule has 0 aromatic heterocycles. The van der Waals surface area contributed by atoms with E-state index in [1.165, 1.54) is 11.1 Å². The van der Waals surface area contributed by atoms with Crippen LogP contribution in [0.2, 0.25) is 0 Å². The second-order valence-electron chi connectivity index (χ2n) is 5.10. The predicted molar refractivity (Wildman–Crippen MR) is 78.4 cm³/mol. The van der Waals surface area contributed by atoms with Crippen LogP contribution >= 0.6 is 0 Å². The minimum Gasteiger partial charge on any atom is -0.481 e. The SMILES string of the molecule is CCC(C)c1ccc(C(CCCC(=O)O)NC)cc1. The highest BCUT2D eigenvalue weighted by molar-refractivity contribution is 5.66. The first-order valence-electron chi connectivity index (χ1n) is 7.07. The van der Waals surface area contributed by atoms with Crippen LogP contribution in [0.1, 0.15) is 62.6 Å². The van der Waals surface area contributed by atoms with Gasteiger partial charge >= 0.3 is 5.97 Å². The summed E-state index contributed by atoms with van der Waals surface area (Å²) in [6, 6.07) is 8.92. The highest BCUT2D eigenvalue weighted by Gasteiger charge is 2.10. The molecule has 1 rings (SSSR count). The van der Waals surface area contributed by atoms with Gasteiger partial charge in [-0.15, -0.1) is 0 Å². The average molecular weight is 263 g/mol. The number of hydrogen-bond acceptors (Lipinski definition) is 2. The predicted octanol–water partition coefficient (Wildman–Crippen LogP) is 3.72. The zero-order valence-corrected chi connectivity index (χ0v) is 12.1. The second kappa shape index (κ2) is 7.95. The summed E-state index contributed by atoms with van der Waals surface area (Å²) in [7, 11) is 1.92. The molecule has 2 unspecified atom stereocenters. The van der Waals surface area contributed by atoms with Gasteiger partial charge in [-0.3, -0.25) is 4.79 Å². The Morgan fingerprint density at radius 2 is 1.84 bits per heavy atom. The molecule has 0 saturated heterocycles. The van der Waals surface area contributed by atoms with E-state index < -0.39 is 5.97 Å². The number of hydrogen-bond donors (Lipinski definition) is 2. The first-order valence-corrected chi connectivity index (χ1v) is 7.07. The lowest BCUT2D eigenvalue weighted by atomic mass is 9.94. The van der Waals surface area contributed by atoms with Crippen molar-refractivity contribution in [3.8, 4) is 0 Å². The highest BCUT2D eigenvalue weighted by atomic mass is 16.4. The van der Waals surface area contributed by atoms with Crippen LogP contribution in [-0.2, 0) is 4.79 Å². The Kier molecular flexibility index (Phi) is 6.57. The molecule has 0 aliphatic rings. The van der Waals surface area contributed by atoms with Crippen LogP contribution in [0, 0.1) is 0 Å². The summed E-state index contributed by atoms with van der Waals surface area (Å²) in [5.41, 5.74) is 2.60. The van der Waals surface area contributed by atoms with E-state index in [4.69, 9.17) is 5.11 Å². The number of benzene rings is 1. The third kappa shape index (κ3) is 5.03. The van der Waals surface area contributed by atoms with E-state index >= 15 is 0 Å². The summed E-state index contributed by atoms with van der Waals surface area (Å²) in [6.45, 7) is 4.43. The van der Waals surface area contributed by atoms with E-state index in [-0.39, 0.29) is 12.5 Å². The molecule has 0 amide bonds. The Morgan fingerprint density at radius 3 is 2.32 bits per heavy atom.